The number of aromatic hydroxyl groups is 1. The van der Waals surface area contributed by atoms with Crippen LogP contribution in [0.5, 0.6) is 5.75 Å². The Morgan fingerprint density at radius 1 is 0.873 bits per heavy atom. The summed E-state index contributed by atoms with van der Waals surface area (Å²) in [4.78, 5) is 29.5. The molecular formula is C47H47BClF6NO6Si. The molecule has 2 N–H and O–H groups in total. The highest BCUT2D eigenvalue weighted by molar-refractivity contribution is 6.99. The van der Waals surface area contributed by atoms with Crippen LogP contribution in [-0.2, 0) is 31.0 Å². The minimum Gasteiger partial charge on any atom is -0.508 e. The number of amides is 2. The molecule has 7 rings (SSSR count). The van der Waals surface area contributed by atoms with Gasteiger partial charge in [-0.3, -0.25) is 9.59 Å². The first kappa shape index (κ1) is 46.3. The molecule has 1 aliphatic carbocycles. The minimum atomic E-state index is -5.22. The number of hydrogen-bond acceptors (Lipinski definition) is 6. The van der Waals surface area contributed by atoms with Crippen molar-refractivity contribution in [1.82, 2.24) is 0 Å². The number of hydrogen-bond donors (Lipinski definition) is 2. The van der Waals surface area contributed by atoms with Crippen LogP contribution >= 0.6 is 11.6 Å². The summed E-state index contributed by atoms with van der Waals surface area (Å²) in [5.41, 5.74) is -1.27. The Morgan fingerprint density at radius 3 is 1.98 bits per heavy atom. The molecule has 7 nitrogen and oxygen atoms in total. The molecule has 16 heteroatoms. The zero-order valence-corrected chi connectivity index (χ0v) is 36.8. The standard InChI is InChI=1S/C47H47BClF6NO6Si/c1-5-28(20-29-17-18-34(57)25-39(29)49)16-19-40-41-30(27-61-63(45(2,3)4,35-12-8-6-9-13-35)36-14-10-7-11-15-36)21-37-42(38(41)26-48(60)62-40)44(59)56(43(37)58)33-23-31(46(50,51)52)22-32(24-33)47(53,54)55/h6-15,17-18,20,22-25,37-38,40,42,57,60H,5,16,19,21,26-27H2,1-4H3/b28-20+/t37-,38+,40-,42-/m1/s1. The first-order valence-electron chi connectivity index (χ1n) is 20.8. The number of carbonyl (C=O) groups is 2. The molecular weight excluding hydrogens is 863 g/mol. The second kappa shape index (κ2) is 17.7. The van der Waals surface area contributed by atoms with Crippen molar-refractivity contribution in [2.75, 3.05) is 11.5 Å². The van der Waals surface area contributed by atoms with E-state index in [0.29, 0.717) is 58.0 Å². The lowest BCUT2D eigenvalue weighted by atomic mass is 9.58. The number of benzene rings is 4. The zero-order chi connectivity index (χ0) is 45.6. The summed E-state index contributed by atoms with van der Waals surface area (Å²) >= 11 is 6.44. The number of allylic oxidation sites excluding steroid dienone is 1. The summed E-state index contributed by atoms with van der Waals surface area (Å²) in [5, 5.41) is 23.0. The van der Waals surface area contributed by atoms with Gasteiger partial charge in [-0.25, -0.2) is 4.90 Å². The number of rotatable bonds is 11. The third kappa shape index (κ3) is 9.17. The largest absolute Gasteiger partial charge is 0.508 e. The van der Waals surface area contributed by atoms with E-state index in [1.165, 1.54) is 12.1 Å². The molecule has 2 fully saturated rings. The van der Waals surface area contributed by atoms with Crippen molar-refractivity contribution in [2.45, 2.75) is 83.2 Å². The van der Waals surface area contributed by atoms with Gasteiger partial charge in [0.15, 0.2) is 0 Å². The van der Waals surface area contributed by atoms with Crippen LogP contribution in [0.4, 0.5) is 32.0 Å². The van der Waals surface area contributed by atoms with Gasteiger partial charge in [0.05, 0.1) is 46.4 Å². The van der Waals surface area contributed by atoms with E-state index in [-0.39, 0.29) is 31.2 Å². The molecule has 0 radical (unpaired) electrons. The Balaban J connectivity index is 1.34. The second-order valence-electron chi connectivity index (χ2n) is 17.4. The van der Waals surface area contributed by atoms with E-state index in [9.17, 15) is 46.1 Å². The number of anilines is 1. The third-order valence-electron chi connectivity index (χ3n) is 12.5. The van der Waals surface area contributed by atoms with Crippen LogP contribution in [0.25, 0.3) is 6.08 Å². The quantitative estimate of drug-likeness (QED) is 0.0674. The average Bonchev–Trinajstić information content (AvgIpc) is 3.47. The predicted molar refractivity (Wildman–Crippen MR) is 233 cm³/mol. The summed E-state index contributed by atoms with van der Waals surface area (Å²) in [6.07, 6.45) is -8.26. The Labute approximate surface area is 368 Å². The van der Waals surface area contributed by atoms with Gasteiger partial charge >= 0.3 is 19.5 Å². The molecule has 2 saturated heterocycles. The monoisotopic (exact) mass is 909 g/mol. The zero-order valence-electron chi connectivity index (χ0n) is 35.1. The van der Waals surface area contributed by atoms with Gasteiger partial charge in [0, 0.05) is 0 Å². The maximum atomic E-state index is 14.6. The van der Waals surface area contributed by atoms with Crippen molar-refractivity contribution < 1.29 is 55.1 Å². The van der Waals surface area contributed by atoms with Crippen LogP contribution in [0.3, 0.4) is 0 Å². The van der Waals surface area contributed by atoms with E-state index >= 15 is 0 Å². The normalized spacial score (nSPS) is 21.2. The van der Waals surface area contributed by atoms with Gasteiger partial charge in [-0.2, -0.15) is 26.3 Å². The van der Waals surface area contributed by atoms with Crippen molar-refractivity contribution in [3.63, 3.8) is 0 Å². The maximum absolute atomic E-state index is 14.6. The molecule has 4 atom stereocenters. The van der Waals surface area contributed by atoms with Crippen LogP contribution in [0.15, 0.2) is 114 Å². The second-order valence-corrected chi connectivity index (χ2v) is 22.2. The van der Waals surface area contributed by atoms with E-state index in [1.807, 2.05) is 73.7 Å². The molecule has 4 aromatic carbocycles. The molecule has 0 aromatic heterocycles. The Bertz CT molecular complexity index is 2350. The van der Waals surface area contributed by atoms with Crippen molar-refractivity contribution in [2.24, 2.45) is 17.8 Å². The Kier molecular flexibility index (Phi) is 13.0. The highest BCUT2D eigenvalue weighted by atomic mass is 35.5. The van der Waals surface area contributed by atoms with Crippen LogP contribution in [0, 0.1) is 17.8 Å². The fourth-order valence-corrected chi connectivity index (χ4v) is 14.5. The molecule has 0 unspecified atom stereocenters. The fourth-order valence-electron chi connectivity index (χ4n) is 9.70. The minimum absolute atomic E-state index is 0.00791. The van der Waals surface area contributed by atoms with Gasteiger partial charge in [-0.1, -0.05) is 112 Å². The molecule has 2 amide bonds. The van der Waals surface area contributed by atoms with Gasteiger partial charge in [0.25, 0.3) is 8.32 Å². The van der Waals surface area contributed by atoms with Crippen molar-refractivity contribution in [1.29, 1.82) is 0 Å². The molecule has 0 bridgehead atoms. The lowest BCUT2D eigenvalue weighted by Crippen LogP contribution is -2.66. The molecule has 4 aromatic rings. The van der Waals surface area contributed by atoms with Gasteiger partial charge in [-0.05, 0) is 106 Å². The van der Waals surface area contributed by atoms with Crippen LogP contribution in [0.2, 0.25) is 16.4 Å². The molecule has 3 aliphatic rings. The maximum Gasteiger partial charge on any atom is 0.455 e. The lowest BCUT2D eigenvalue weighted by Gasteiger charge is -2.46. The number of phenolic OH excluding ortho intramolecular Hbond substituents is 1. The number of fused-ring (bicyclic) bond motifs is 3. The van der Waals surface area contributed by atoms with Crippen LogP contribution < -0.4 is 15.3 Å². The molecule has 332 valence electrons. The van der Waals surface area contributed by atoms with Gasteiger partial charge in [-0.15, -0.1) is 0 Å². The summed E-state index contributed by atoms with van der Waals surface area (Å²) in [7, 11) is -4.65. The highest BCUT2D eigenvalue weighted by Gasteiger charge is 2.59. The van der Waals surface area contributed by atoms with Gasteiger partial charge < -0.3 is 19.2 Å². The van der Waals surface area contributed by atoms with Crippen molar-refractivity contribution in [3.8, 4) is 5.75 Å². The smallest absolute Gasteiger partial charge is 0.455 e. The predicted octanol–water partition coefficient (Wildman–Crippen LogP) is 10.2. The van der Waals surface area contributed by atoms with E-state index < -0.39 is 85.3 Å². The number of nitrogens with zero attached hydrogens (tertiary/aromatic N) is 1. The SMILES string of the molecule is CC/C(=C\c1ccc(O)cc1Cl)CC[C@H]1OB(O)C[C@H]2C1=C(CO[Si](c1ccccc1)(c1ccccc1)C(C)(C)C)C[C@H]1C(=O)N(c3cc(C(F)(F)F)cc(C(F)(F)F)c3)C(=O)[C@H]12. The third-order valence-corrected chi connectivity index (χ3v) is 17.9. The highest BCUT2D eigenvalue weighted by Crippen LogP contribution is 2.53. The average molecular weight is 910 g/mol. The number of carbonyl (C=O) groups excluding carboxylic acids is 2. The number of imide groups is 1. The summed E-state index contributed by atoms with van der Waals surface area (Å²) in [5.74, 6) is -5.14. The van der Waals surface area contributed by atoms with E-state index in [1.54, 1.807) is 6.07 Å². The number of alkyl halides is 6. The summed E-state index contributed by atoms with van der Waals surface area (Å²) in [6, 6.07) is 25.0. The van der Waals surface area contributed by atoms with Crippen molar-refractivity contribution >= 4 is 61.0 Å². The Hall–Kier alpha value is -4.67. The summed E-state index contributed by atoms with van der Waals surface area (Å²) < 4.78 is 98.0. The first-order chi connectivity index (χ1) is 29.6. The van der Waals surface area contributed by atoms with E-state index in [2.05, 4.69) is 20.8 Å². The fraction of sp³-hybridized carbons (Fsp3) is 0.362. The molecule has 2 aliphatic heterocycles. The first-order valence-corrected chi connectivity index (χ1v) is 23.1. The van der Waals surface area contributed by atoms with E-state index in [0.717, 1.165) is 15.9 Å². The summed E-state index contributed by atoms with van der Waals surface area (Å²) in [6.45, 7) is 8.21. The van der Waals surface area contributed by atoms with Gasteiger partial charge in [0.1, 0.15) is 5.75 Å². The molecule has 63 heavy (non-hydrogen) atoms. The molecule has 0 spiro atoms. The molecule has 2 heterocycles. The van der Waals surface area contributed by atoms with Crippen molar-refractivity contribution in [3.05, 3.63) is 135 Å². The van der Waals surface area contributed by atoms with E-state index in [4.69, 9.17) is 20.7 Å². The lowest BCUT2D eigenvalue weighted by molar-refractivity contribution is -0.143. The van der Waals surface area contributed by atoms with Crippen LogP contribution in [0.1, 0.15) is 70.1 Å². The van der Waals surface area contributed by atoms with Crippen LogP contribution in [-0.4, -0.2) is 50.1 Å². The number of phenols is 1. The topological polar surface area (TPSA) is 96.3 Å². The molecule has 0 saturated carbocycles. The Morgan fingerprint density at radius 2 is 1.46 bits per heavy atom. The number of halogens is 7. The van der Waals surface area contributed by atoms with Gasteiger partial charge in [0.2, 0.25) is 11.8 Å².